The molecule has 1 aromatic carbocycles. The van der Waals surface area contributed by atoms with Crippen molar-refractivity contribution in [1.82, 2.24) is 35.4 Å². The molecule has 25 heteroatoms. The molecule has 5 rings (SSSR count). The fourth-order valence-electron chi connectivity index (χ4n) is 4.80. The first kappa shape index (κ1) is 41.0. The first-order valence-corrected chi connectivity index (χ1v) is 18.9. The number of tetrazole rings is 1. The second-order valence-corrected chi connectivity index (χ2v) is 16.4. The van der Waals surface area contributed by atoms with Gasteiger partial charge in [0.05, 0.1) is 17.1 Å². The summed E-state index contributed by atoms with van der Waals surface area (Å²) in [5, 5.41) is 57.9. The number of benzene rings is 1. The Morgan fingerprint density at radius 2 is 1.89 bits per heavy atom. The van der Waals surface area contributed by atoms with Crippen LogP contribution in [-0.2, 0) is 45.0 Å². The molecule has 4 heterocycles. The molecular formula is C30H32ClN9O12S3. The van der Waals surface area contributed by atoms with Crippen molar-refractivity contribution < 1.29 is 59.0 Å². The van der Waals surface area contributed by atoms with Crippen molar-refractivity contribution in [2.75, 3.05) is 17.2 Å². The van der Waals surface area contributed by atoms with E-state index in [4.69, 9.17) is 31.9 Å². The van der Waals surface area contributed by atoms with Crippen molar-refractivity contribution in [2.45, 2.75) is 68.8 Å². The maximum Gasteiger partial charge on any atom is 0.387 e. The monoisotopic (exact) mass is 841 g/mol. The predicted molar refractivity (Wildman–Crippen MR) is 194 cm³/mol. The number of carbonyl (C=O) groups is 5. The molecule has 2 amide bonds. The Morgan fingerprint density at radius 1 is 1.18 bits per heavy atom. The van der Waals surface area contributed by atoms with Crippen molar-refractivity contribution in [3.63, 3.8) is 0 Å². The maximum absolute atomic E-state index is 13.6. The highest BCUT2D eigenvalue weighted by atomic mass is 35.5. The average Bonchev–Trinajstić information content (AvgIpc) is 3.76. The molecule has 2 aliphatic heterocycles. The first-order valence-electron chi connectivity index (χ1n) is 15.6. The number of thiazole rings is 1. The highest BCUT2D eigenvalue weighted by molar-refractivity contribution is 8.01. The summed E-state index contributed by atoms with van der Waals surface area (Å²) >= 11 is 9.23. The molecule has 0 bridgehead atoms. The minimum absolute atomic E-state index is 0.0253. The number of halogens is 1. The van der Waals surface area contributed by atoms with Crippen LogP contribution in [-0.4, -0.2) is 120 Å². The molecule has 0 radical (unpaired) electrons. The van der Waals surface area contributed by atoms with Gasteiger partial charge in [0, 0.05) is 28.5 Å². The number of nitrogen functional groups attached to an aromatic ring is 1. The Balaban J connectivity index is 1.34. The number of carboxylic acids is 2. The van der Waals surface area contributed by atoms with Crippen LogP contribution in [0.5, 0.6) is 11.5 Å². The molecule has 2 aliphatic rings. The number of nitrogens with zero attached hydrogens (tertiary/aromatic N) is 7. The van der Waals surface area contributed by atoms with E-state index in [9.17, 15) is 44.4 Å². The number of carboxylic acid groups (broad SMARTS) is 2. The van der Waals surface area contributed by atoms with E-state index < -0.39 is 81.0 Å². The molecule has 2 atom stereocenters. The van der Waals surface area contributed by atoms with Crippen LogP contribution in [0.4, 0.5) is 5.13 Å². The molecule has 3 aromatic rings. The molecule has 294 valence electrons. The second kappa shape index (κ2) is 15.9. The number of hydrogen-bond donors (Lipinski definition) is 6. The van der Waals surface area contributed by atoms with Gasteiger partial charge in [0.15, 0.2) is 22.3 Å². The van der Waals surface area contributed by atoms with Gasteiger partial charge in [0.1, 0.15) is 28.4 Å². The number of aromatic nitrogens is 5. The number of oxime groups is 1. The van der Waals surface area contributed by atoms with E-state index in [1.54, 1.807) is 20.8 Å². The second-order valence-electron chi connectivity index (χ2n) is 13.1. The van der Waals surface area contributed by atoms with Crippen LogP contribution < -0.4 is 11.1 Å². The van der Waals surface area contributed by atoms with Crippen LogP contribution in [0.1, 0.15) is 45.9 Å². The number of nitrogens with one attached hydrogen (secondary N) is 1. The summed E-state index contributed by atoms with van der Waals surface area (Å²) in [4.78, 5) is 84.2. The van der Waals surface area contributed by atoms with Gasteiger partial charge in [-0.3, -0.25) is 24.2 Å². The van der Waals surface area contributed by atoms with E-state index in [-0.39, 0.29) is 44.4 Å². The summed E-state index contributed by atoms with van der Waals surface area (Å²) in [7, 11) is 0. The standard InChI is InChI=1S/C30H32ClN9O12S3/c1-29(2,3)52-50-26(49)30(4,5)51-36-18(13-10-54-27(32)33-13)22(45)34-19-23(46)39-20(25(47)48)11(8-53-24(19)39)9-55-28-35-37-38-40(28)14-7-15(41)21(44)17(31)12(14)6-16(42)43/h7,10,19,24,41,44H,6,8-9H2,1-5H3,(H2,32,33)(H,34,45)(H,42,43)(H,47,48)/b36-18-/t19?,24-/m0/s1. The zero-order valence-corrected chi connectivity index (χ0v) is 32.5. The normalized spacial score (nSPS) is 17.4. The summed E-state index contributed by atoms with van der Waals surface area (Å²) in [6.07, 6.45) is -0.662. The summed E-state index contributed by atoms with van der Waals surface area (Å²) in [6.45, 7) is 7.61. The molecule has 0 aliphatic carbocycles. The first-order chi connectivity index (χ1) is 25.7. The zero-order chi connectivity index (χ0) is 40.6. The van der Waals surface area contributed by atoms with Crippen molar-refractivity contribution in [2.24, 2.45) is 5.16 Å². The highest BCUT2D eigenvalue weighted by Gasteiger charge is 2.54. The third-order valence-corrected chi connectivity index (χ3v) is 10.8. The SMILES string of the molecule is CC(C)(C)OOC(=O)C(C)(C)O/N=C(\C(=O)NC1C(=O)N2C(C(=O)O)=C(CSc3nnnn3-c3cc(O)c(O)c(Cl)c3CC(=O)O)CS[C@@H]12)c1csc(N)n1. The van der Waals surface area contributed by atoms with Gasteiger partial charge in [-0.25, -0.2) is 14.6 Å². The lowest BCUT2D eigenvalue weighted by Crippen LogP contribution is -2.71. The van der Waals surface area contributed by atoms with Crippen molar-refractivity contribution in [1.29, 1.82) is 0 Å². The number of fused-ring (bicyclic) bond motifs is 1. The average molecular weight is 842 g/mol. The molecule has 1 saturated heterocycles. The summed E-state index contributed by atoms with van der Waals surface area (Å²) < 4.78 is 1.07. The number of anilines is 1. The number of carbonyl (C=O) groups excluding carboxylic acids is 3. The van der Waals surface area contributed by atoms with Gasteiger partial charge in [-0.15, -0.1) is 28.2 Å². The number of β-lactam (4-membered cyclic amide) rings is 1. The van der Waals surface area contributed by atoms with Crippen molar-refractivity contribution >= 4 is 87.0 Å². The van der Waals surface area contributed by atoms with E-state index in [1.807, 2.05) is 0 Å². The number of phenols is 2. The Labute approximate surface area is 327 Å². The maximum atomic E-state index is 13.6. The highest BCUT2D eigenvalue weighted by Crippen LogP contribution is 2.43. The van der Waals surface area contributed by atoms with Gasteiger partial charge < -0.3 is 36.3 Å². The number of aliphatic carboxylic acids is 2. The van der Waals surface area contributed by atoms with Gasteiger partial charge in [0.25, 0.3) is 11.8 Å². The van der Waals surface area contributed by atoms with E-state index in [1.165, 1.54) is 19.2 Å². The fourth-order valence-corrected chi connectivity index (χ4v) is 7.97. The smallest absolute Gasteiger partial charge is 0.387 e. The molecule has 21 nitrogen and oxygen atoms in total. The molecule has 1 fully saturated rings. The molecular weight excluding hydrogens is 810 g/mol. The molecule has 7 N–H and O–H groups in total. The third kappa shape index (κ3) is 8.88. The van der Waals surface area contributed by atoms with Gasteiger partial charge in [-0.05, 0) is 50.6 Å². The summed E-state index contributed by atoms with van der Waals surface area (Å²) in [6, 6.07) is -0.174. The Morgan fingerprint density at radius 3 is 2.51 bits per heavy atom. The van der Waals surface area contributed by atoms with Gasteiger partial charge in [-0.1, -0.05) is 28.5 Å². The van der Waals surface area contributed by atoms with Crippen molar-refractivity contribution in [3.05, 3.63) is 39.0 Å². The number of nitrogens with two attached hydrogens (primary N) is 1. The van der Waals surface area contributed by atoms with Crippen LogP contribution in [0, 0.1) is 0 Å². The van der Waals surface area contributed by atoms with Crippen LogP contribution in [0.25, 0.3) is 5.69 Å². The number of amides is 2. The van der Waals surface area contributed by atoms with Gasteiger partial charge in [0.2, 0.25) is 10.8 Å². The lowest BCUT2D eigenvalue weighted by atomic mass is 10.0. The number of phenolic OH excluding ortho intramolecular Hbond substituents is 2. The van der Waals surface area contributed by atoms with Crippen LogP contribution in [0.2, 0.25) is 5.02 Å². The minimum atomic E-state index is -1.75. The topological polar surface area (TPSA) is 304 Å². The Bertz CT molecular complexity index is 2130. The number of hydrogen-bond acceptors (Lipinski definition) is 19. The predicted octanol–water partition coefficient (Wildman–Crippen LogP) is 1.70. The fraction of sp³-hybridized carbons (Fsp3) is 0.400. The lowest BCUT2D eigenvalue weighted by molar-refractivity contribution is -0.329. The zero-order valence-electron chi connectivity index (χ0n) is 29.3. The lowest BCUT2D eigenvalue weighted by Gasteiger charge is -2.49. The van der Waals surface area contributed by atoms with E-state index >= 15 is 0 Å². The number of rotatable bonds is 14. The molecule has 55 heavy (non-hydrogen) atoms. The van der Waals surface area contributed by atoms with Gasteiger partial charge >= 0.3 is 17.9 Å². The Kier molecular flexibility index (Phi) is 11.9. The minimum Gasteiger partial charge on any atom is -0.504 e. The molecule has 0 saturated carbocycles. The van der Waals surface area contributed by atoms with Crippen LogP contribution in [0.3, 0.4) is 0 Å². The number of thioether (sulfide) groups is 2. The molecule has 2 aromatic heterocycles. The van der Waals surface area contributed by atoms with E-state index in [2.05, 4.69) is 31.0 Å². The number of aromatic hydroxyl groups is 2. The summed E-state index contributed by atoms with van der Waals surface area (Å²) in [5.41, 5.74) is 2.55. The van der Waals surface area contributed by atoms with E-state index in [0.29, 0.717) is 5.57 Å². The quantitative estimate of drug-likeness (QED) is 0.0336. The third-order valence-electron chi connectivity index (χ3n) is 7.41. The summed E-state index contributed by atoms with van der Waals surface area (Å²) in [5.74, 6) is -6.73. The van der Waals surface area contributed by atoms with Crippen molar-refractivity contribution in [3.8, 4) is 17.2 Å². The van der Waals surface area contributed by atoms with Crippen LogP contribution >= 0.6 is 46.5 Å². The van der Waals surface area contributed by atoms with Gasteiger partial charge in [-0.2, -0.15) is 9.57 Å². The van der Waals surface area contributed by atoms with E-state index in [0.717, 1.165) is 50.5 Å². The van der Waals surface area contributed by atoms with Crippen LogP contribution in [0.15, 0.2) is 33.0 Å². The molecule has 0 spiro atoms. The Hall–Kier alpha value is -5.17. The largest absolute Gasteiger partial charge is 0.504 e. The molecule has 1 unspecified atom stereocenters.